The van der Waals surface area contributed by atoms with Crippen LogP contribution in [-0.4, -0.2) is 9.97 Å². The van der Waals surface area contributed by atoms with Gasteiger partial charge in [-0.1, -0.05) is 19.1 Å². The third-order valence-electron chi connectivity index (χ3n) is 2.77. The summed E-state index contributed by atoms with van der Waals surface area (Å²) < 4.78 is 0.790. The lowest BCUT2D eigenvalue weighted by atomic mass is 10.1. The normalized spacial score (nSPS) is 10.1. The first-order valence-electron chi connectivity index (χ1n) is 6.47. The number of hydrogen-bond donors (Lipinski definition) is 1. The average molecular weight is 331 g/mol. The van der Waals surface area contributed by atoms with Crippen molar-refractivity contribution in [2.24, 2.45) is 0 Å². The Hall–Kier alpha value is -1.93. The van der Waals surface area contributed by atoms with Crippen LogP contribution in [0.4, 0.5) is 5.82 Å². The first-order valence-corrected chi connectivity index (χ1v) is 7.27. The molecule has 4 nitrogen and oxygen atoms in total. The molecule has 0 aliphatic carbocycles. The highest BCUT2D eigenvalue weighted by Gasteiger charge is 2.02. The molecule has 1 heterocycles. The summed E-state index contributed by atoms with van der Waals surface area (Å²) in [6.45, 7) is 2.77. The minimum Gasteiger partial charge on any atom is -0.366 e. The van der Waals surface area contributed by atoms with Crippen molar-refractivity contribution in [1.29, 1.82) is 5.26 Å². The lowest BCUT2D eigenvalue weighted by Gasteiger charge is -2.08. The van der Waals surface area contributed by atoms with E-state index in [0.717, 1.165) is 34.7 Å². The number of hydrogen-bond acceptors (Lipinski definition) is 4. The molecule has 0 saturated heterocycles. The van der Waals surface area contributed by atoms with E-state index in [4.69, 9.17) is 5.26 Å². The summed E-state index contributed by atoms with van der Waals surface area (Å²) in [6, 6.07) is 11.5. The Balaban J connectivity index is 2.04. The molecule has 0 aliphatic rings. The van der Waals surface area contributed by atoms with Gasteiger partial charge in [-0.05, 0) is 40.0 Å². The molecule has 0 bridgehead atoms. The van der Waals surface area contributed by atoms with E-state index in [1.165, 1.54) is 0 Å². The first-order chi connectivity index (χ1) is 9.71. The number of nitrogens with zero attached hydrogens (tertiary/aromatic N) is 3. The summed E-state index contributed by atoms with van der Waals surface area (Å²) in [5.41, 5.74) is 1.78. The van der Waals surface area contributed by atoms with E-state index in [1.54, 1.807) is 0 Å². The maximum absolute atomic E-state index is 8.76. The van der Waals surface area contributed by atoms with E-state index in [-0.39, 0.29) is 0 Å². The third-order valence-corrected chi connectivity index (χ3v) is 3.18. The predicted molar refractivity (Wildman–Crippen MR) is 82.2 cm³/mol. The number of halogens is 1. The number of aromatic nitrogens is 2. The lowest BCUT2D eigenvalue weighted by Crippen LogP contribution is -2.04. The molecule has 0 radical (unpaired) electrons. The van der Waals surface area contributed by atoms with Gasteiger partial charge in [0.2, 0.25) is 0 Å². The molecule has 0 atom stereocenters. The second kappa shape index (κ2) is 7.01. The third kappa shape index (κ3) is 4.04. The second-order valence-corrected chi connectivity index (χ2v) is 5.22. The molecule has 20 heavy (non-hydrogen) atoms. The molecule has 1 N–H and O–H groups in total. The van der Waals surface area contributed by atoms with E-state index in [0.29, 0.717) is 12.1 Å². The van der Waals surface area contributed by atoms with Gasteiger partial charge in [0.05, 0.1) is 11.6 Å². The smallest absolute Gasteiger partial charge is 0.132 e. The summed E-state index contributed by atoms with van der Waals surface area (Å²) in [7, 11) is 0. The monoisotopic (exact) mass is 330 g/mol. The van der Waals surface area contributed by atoms with Gasteiger partial charge in [-0.15, -0.1) is 0 Å². The van der Waals surface area contributed by atoms with E-state index in [9.17, 15) is 0 Å². The van der Waals surface area contributed by atoms with Crippen LogP contribution in [0.15, 0.2) is 34.9 Å². The molecule has 5 heteroatoms. The van der Waals surface area contributed by atoms with Gasteiger partial charge in [0, 0.05) is 19.0 Å². The SMILES string of the molecule is CCCc1nc(Br)cc(NCc2ccc(C#N)cc2)n1. The molecule has 0 fully saturated rings. The van der Waals surface area contributed by atoms with Gasteiger partial charge < -0.3 is 5.32 Å². The highest BCUT2D eigenvalue weighted by molar-refractivity contribution is 9.10. The highest BCUT2D eigenvalue weighted by atomic mass is 79.9. The van der Waals surface area contributed by atoms with Gasteiger partial charge in [-0.3, -0.25) is 0 Å². The largest absolute Gasteiger partial charge is 0.366 e. The van der Waals surface area contributed by atoms with Crippen LogP contribution in [0.3, 0.4) is 0 Å². The molecule has 0 unspecified atom stereocenters. The maximum atomic E-state index is 8.76. The second-order valence-electron chi connectivity index (χ2n) is 4.40. The van der Waals surface area contributed by atoms with Gasteiger partial charge in [0.25, 0.3) is 0 Å². The van der Waals surface area contributed by atoms with Gasteiger partial charge in [-0.2, -0.15) is 5.26 Å². The molecular formula is C15H15BrN4. The van der Waals surface area contributed by atoms with Crippen LogP contribution in [0.1, 0.15) is 30.3 Å². The lowest BCUT2D eigenvalue weighted by molar-refractivity contribution is 0.828. The quantitative estimate of drug-likeness (QED) is 0.849. The zero-order chi connectivity index (χ0) is 14.4. The van der Waals surface area contributed by atoms with Gasteiger partial charge >= 0.3 is 0 Å². The molecule has 0 saturated carbocycles. The Morgan fingerprint density at radius 2 is 2.00 bits per heavy atom. The zero-order valence-corrected chi connectivity index (χ0v) is 12.8. The van der Waals surface area contributed by atoms with Crippen molar-refractivity contribution in [3.63, 3.8) is 0 Å². The van der Waals surface area contributed by atoms with Gasteiger partial charge in [0.15, 0.2) is 0 Å². The predicted octanol–water partition coefficient (Wildman–Crippen LogP) is 3.68. The van der Waals surface area contributed by atoms with E-state index < -0.39 is 0 Å². The Morgan fingerprint density at radius 1 is 1.25 bits per heavy atom. The first kappa shape index (κ1) is 14.5. The molecule has 1 aromatic heterocycles. The molecule has 2 aromatic rings. The summed E-state index contributed by atoms with van der Waals surface area (Å²) in [5.74, 6) is 1.64. The molecule has 102 valence electrons. The molecule has 0 aliphatic heterocycles. The summed E-state index contributed by atoms with van der Waals surface area (Å²) in [4.78, 5) is 8.80. The minimum atomic E-state index is 0.667. The number of nitriles is 1. The fourth-order valence-corrected chi connectivity index (χ4v) is 2.20. The Morgan fingerprint density at radius 3 is 2.65 bits per heavy atom. The van der Waals surface area contributed by atoms with Crippen molar-refractivity contribution in [3.8, 4) is 6.07 Å². The van der Waals surface area contributed by atoms with E-state index in [1.807, 2.05) is 30.3 Å². The van der Waals surface area contributed by atoms with Crippen LogP contribution in [0.2, 0.25) is 0 Å². The molecular weight excluding hydrogens is 316 g/mol. The molecule has 0 spiro atoms. The Kier molecular flexibility index (Phi) is 5.08. The molecule has 0 amide bonds. The van der Waals surface area contributed by atoms with Crippen molar-refractivity contribution in [2.45, 2.75) is 26.3 Å². The van der Waals surface area contributed by atoms with E-state index >= 15 is 0 Å². The van der Waals surface area contributed by atoms with Crippen molar-refractivity contribution in [1.82, 2.24) is 9.97 Å². The van der Waals surface area contributed by atoms with Crippen LogP contribution in [0, 0.1) is 11.3 Å². The highest BCUT2D eigenvalue weighted by Crippen LogP contribution is 2.14. The summed E-state index contributed by atoms with van der Waals surface area (Å²) in [6.07, 6.45) is 1.89. The number of nitrogens with one attached hydrogen (secondary N) is 1. The number of rotatable bonds is 5. The maximum Gasteiger partial charge on any atom is 0.132 e. The number of anilines is 1. The van der Waals surface area contributed by atoms with Crippen molar-refractivity contribution < 1.29 is 0 Å². The standard InChI is InChI=1S/C15H15BrN4/c1-2-3-14-19-13(16)8-15(20-14)18-10-12-6-4-11(9-17)5-7-12/h4-8H,2-3,10H2,1H3,(H,18,19,20). The van der Waals surface area contributed by atoms with Gasteiger partial charge in [-0.25, -0.2) is 9.97 Å². The van der Waals surface area contributed by atoms with Crippen molar-refractivity contribution in [2.75, 3.05) is 5.32 Å². The Bertz CT molecular complexity index is 617. The minimum absolute atomic E-state index is 0.667. The topological polar surface area (TPSA) is 61.6 Å². The van der Waals surface area contributed by atoms with Crippen LogP contribution in [0.25, 0.3) is 0 Å². The van der Waals surface area contributed by atoms with Crippen LogP contribution >= 0.6 is 15.9 Å². The fraction of sp³-hybridized carbons (Fsp3) is 0.267. The number of aryl methyl sites for hydroxylation is 1. The van der Waals surface area contributed by atoms with Crippen molar-refractivity contribution in [3.05, 3.63) is 51.9 Å². The fourth-order valence-electron chi connectivity index (χ4n) is 1.78. The van der Waals surface area contributed by atoms with Crippen LogP contribution < -0.4 is 5.32 Å². The van der Waals surface area contributed by atoms with Gasteiger partial charge in [0.1, 0.15) is 16.2 Å². The zero-order valence-electron chi connectivity index (χ0n) is 11.2. The number of benzene rings is 1. The Labute approximate surface area is 127 Å². The average Bonchev–Trinajstić information content (AvgIpc) is 2.45. The summed E-state index contributed by atoms with van der Waals surface area (Å²) >= 11 is 3.40. The molecule has 1 aromatic carbocycles. The molecule has 2 rings (SSSR count). The van der Waals surface area contributed by atoms with Crippen LogP contribution in [-0.2, 0) is 13.0 Å². The summed E-state index contributed by atoms with van der Waals surface area (Å²) in [5, 5.41) is 12.0. The van der Waals surface area contributed by atoms with Crippen molar-refractivity contribution >= 4 is 21.7 Å². The van der Waals surface area contributed by atoms with Crippen LogP contribution in [0.5, 0.6) is 0 Å². The van der Waals surface area contributed by atoms with E-state index in [2.05, 4.69) is 44.2 Å².